The largest absolute Gasteiger partial charge is 0.355 e. The Labute approximate surface area is 117 Å². The van der Waals surface area contributed by atoms with Crippen molar-refractivity contribution in [3.8, 4) is 0 Å². The van der Waals surface area contributed by atoms with E-state index >= 15 is 0 Å². The summed E-state index contributed by atoms with van der Waals surface area (Å²) in [5.74, 6) is -0.132. The second-order valence-corrected chi connectivity index (χ2v) is 5.85. The van der Waals surface area contributed by atoms with Gasteiger partial charge in [-0.1, -0.05) is 13.3 Å². The van der Waals surface area contributed by atoms with Crippen LogP contribution in [-0.4, -0.2) is 18.9 Å². The van der Waals surface area contributed by atoms with Crippen LogP contribution in [0.2, 0.25) is 0 Å². The van der Waals surface area contributed by atoms with E-state index in [9.17, 15) is 9.59 Å². The zero-order valence-corrected chi connectivity index (χ0v) is 12.3. The number of aryl methyl sites for hydroxylation is 1. The standard InChI is InChI=1S/C14H20N2O2S/c1-3-11(17)16-14-12(13(18)15-2)9-7-5-4-6-8-10(9)19-14/h3-8H2,1-2H3,(H,15,18)(H,16,17). The molecule has 0 aromatic carbocycles. The van der Waals surface area contributed by atoms with E-state index in [1.54, 1.807) is 18.4 Å². The summed E-state index contributed by atoms with van der Waals surface area (Å²) < 4.78 is 0. The average molecular weight is 280 g/mol. The molecule has 1 aliphatic rings. The Morgan fingerprint density at radius 3 is 2.63 bits per heavy atom. The van der Waals surface area contributed by atoms with Gasteiger partial charge in [-0.2, -0.15) is 0 Å². The monoisotopic (exact) mass is 280 g/mol. The van der Waals surface area contributed by atoms with Crippen LogP contribution >= 0.6 is 11.3 Å². The van der Waals surface area contributed by atoms with E-state index in [0.717, 1.165) is 29.8 Å². The van der Waals surface area contributed by atoms with Crippen LogP contribution in [0.5, 0.6) is 0 Å². The van der Waals surface area contributed by atoms with Crippen molar-refractivity contribution in [2.75, 3.05) is 12.4 Å². The molecule has 1 aliphatic carbocycles. The van der Waals surface area contributed by atoms with Crippen LogP contribution in [0.3, 0.4) is 0 Å². The maximum atomic E-state index is 12.1. The molecular weight excluding hydrogens is 260 g/mol. The number of rotatable bonds is 3. The minimum Gasteiger partial charge on any atom is -0.355 e. The third-order valence-electron chi connectivity index (χ3n) is 3.45. The van der Waals surface area contributed by atoms with E-state index in [1.165, 1.54) is 17.7 Å². The fourth-order valence-electron chi connectivity index (χ4n) is 2.41. The molecule has 0 bridgehead atoms. The lowest BCUT2D eigenvalue weighted by molar-refractivity contribution is -0.115. The molecule has 4 nitrogen and oxygen atoms in total. The van der Waals surface area contributed by atoms with E-state index in [0.29, 0.717) is 12.0 Å². The van der Waals surface area contributed by atoms with Crippen LogP contribution in [0.15, 0.2) is 0 Å². The van der Waals surface area contributed by atoms with Crippen LogP contribution in [0, 0.1) is 0 Å². The van der Waals surface area contributed by atoms with Crippen molar-refractivity contribution in [3.63, 3.8) is 0 Å². The van der Waals surface area contributed by atoms with Gasteiger partial charge in [0.25, 0.3) is 5.91 Å². The maximum absolute atomic E-state index is 12.1. The van der Waals surface area contributed by atoms with Gasteiger partial charge in [0.2, 0.25) is 5.91 Å². The lowest BCUT2D eigenvalue weighted by atomic mass is 10.0. The van der Waals surface area contributed by atoms with E-state index in [1.807, 2.05) is 6.92 Å². The Hall–Kier alpha value is -1.36. The number of carbonyl (C=O) groups is 2. The maximum Gasteiger partial charge on any atom is 0.254 e. The number of hydrogen-bond acceptors (Lipinski definition) is 3. The summed E-state index contributed by atoms with van der Waals surface area (Å²) >= 11 is 1.57. The molecule has 0 aliphatic heterocycles. The van der Waals surface area contributed by atoms with Gasteiger partial charge in [0.1, 0.15) is 5.00 Å². The summed E-state index contributed by atoms with van der Waals surface area (Å²) in [6, 6.07) is 0. The number of nitrogens with one attached hydrogen (secondary N) is 2. The summed E-state index contributed by atoms with van der Waals surface area (Å²) in [7, 11) is 1.63. The molecule has 0 radical (unpaired) electrons. The molecule has 0 saturated heterocycles. The summed E-state index contributed by atoms with van der Waals surface area (Å²) in [4.78, 5) is 24.9. The topological polar surface area (TPSA) is 58.2 Å². The van der Waals surface area contributed by atoms with Gasteiger partial charge in [0, 0.05) is 18.3 Å². The van der Waals surface area contributed by atoms with Gasteiger partial charge in [0.05, 0.1) is 5.56 Å². The lowest BCUT2D eigenvalue weighted by Crippen LogP contribution is -2.21. The van der Waals surface area contributed by atoms with Crippen LogP contribution in [0.4, 0.5) is 5.00 Å². The Morgan fingerprint density at radius 1 is 1.21 bits per heavy atom. The highest BCUT2D eigenvalue weighted by Gasteiger charge is 2.24. The molecule has 19 heavy (non-hydrogen) atoms. The molecule has 0 unspecified atom stereocenters. The van der Waals surface area contributed by atoms with Gasteiger partial charge in [-0.05, 0) is 31.2 Å². The summed E-state index contributed by atoms with van der Waals surface area (Å²) in [6.45, 7) is 1.81. The van der Waals surface area contributed by atoms with E-state index < -0.39 is 0 Å². The second kappa shape index (κ2) is 6.19. The highest BCUT2D eigenvalue weighted by atomic mass is 32.1. The fourth-order valence-corrected chi connectivity index (χ4v) is 3.71. The number of fused-ring (bicyclic) bond motifs is 1. The SMILES string of the molecule is CCC(=O)Nc1sc2c(c1C(=O)NC)CCCCC2. The molecule has 5 heteroatoms. The first-order valence-electron chi connectivity index (χ1n) is 6.83. The van der Waals surface area contributed by atoms with E-state index in [4.69, 9.17) is 0 Å². The van der Waals surface area contributed by atoms with Crippen LogP contribution in [0.1, 0.15) is 53.4 Å². The van der Waals surface area contributed by atoms with Crippen molar-refractivity contribution in [1.29, 1.82) is 0 Å². The number of thiophene rings is 1. The Kier molecular flexibility index (Phi) is 4.58. The first-order chi connectivity index (χ1) is 9.17. The van der Waals surface area contributed by atoms with Crippen molar-refractivity contribution in [2.24, 2.45) is 0 Å². The molecule has 0 atom stereocenters. The summed E-state index contributed by atoms with van der Waals surface area (Å²) in [6.07, 6.45) is 5.89. The van der Waals surface area contributed by atoms with Crippen molar-refractivity contribution in [2.45, 2.75) is 45.4 Å². The molecule has 104 valence electrons. The minimum absolute atomic E-state index is 0.0402. The average Bonchev–Trinajstić information content (AvgIpc) is 2.59. The predicted octanol–water partition coefficient (Wildman–Crippen LogP) is 2.73. The van der Waals surface area contributed by atoms with Crippen molar-refractivity contribution >= 4 is 28.2 Å². The second-order valence-electron chi connectivity index (χ2n) is 4.75. The van der Waals surface area contributed by atoms with Crippen LogP contribution < -0.4 is 10.6 Å². The number of amides is 2. The zero-order valence-electron chi connectivity index (χ0n) is 11.5. The minimum atomic E-state index is -0.0918. The molecule has 1 aromatic rings. The number of anilines is 1. The molecule has 0 fully saturated rings. The highest BCUT2D eigenvalue weighted by molar-refractivity contribution is 7.17. The van der Waals surface area contributed by atoms with Gasteiger partial charge in [-0.25, -0.2) is 0 Å². The molecule has 2 amide bonds. The first kappa shape index (κ1) is 14.1. The van der Waals surface area contributed by atoms with Gasteiger partial charge < -0.3 is 10.6 Å². The Balaban J connectivity index is 2.41. The molecule has 1 heterocycles. The predicted molar refractivity (Wildman–Crippen MR) is 77.9 cm³/mol. The van der Waals surface area contributed by atoms with Crippen molar-refractivity contribution < 1.29 is 9.59 Å². The normalized spacial score (nSPS) is 14.4. The number of carbonyl (C=O) groups excluding carboxylic acids is 2. The van der Waals surface area contributed by atoms with Crippen molar-refractivity contribution in [3.05, 3.63) is 16.0 Å². The molecule has 2 rings (SSSR count). The number of hydrogen-bond donors (Lipinski definition) is 2. The van der Waals surface area contributed by atoms with Crippen LogP contribution in [0.25, 0.3) is 0 Å². The molecule has 1 aromatic heterocycles. The van der Waals surface area contributed by atoms with E-state index in [2.05, 4.69) is 10.6 Å². The quantitative estimate of drug-likeness (QED) is 0.836. The molecule has 2 N–H and O–H groups in total. The Morgan fingerprint density at radius 2 is 1.95 bits per heavy atom. The van der Waals surface area contributed by atoms with Gasteiger partial charge in [-0.15, -0.1) is 11.3 Å². The van der Waals surface area contributed by atoms with Gasteiger partial charge >= 0.3 is 0 Å². The molecular formula is C14H20N2O2S. The van der Waals surface area contributed by atoms with Crippen LogP contribution in [-0.2, 0) is 17.6 Å². The lowest BCUT2D eigenvalue weighted by Gasteiger charge is -2.07. The highest BCUT2D eigenvalue weighted by Crippen LogP contribution is 2.37. The molecule has 0 spiro atoms. The van der Waals surface area contributed by atoms with E-state index in [-0.39, 0.29) is 11.8 Å². The fraction of sp³-hybridized carbons (Fsp3) is 0.571. The first-order valence-corrected chi connectivity index (χ1v) is 7.65. The third kappa shape index (κ3) is 2.97. The third-order valence-corrected chi connectivity index (χ3v) is 4.66. The smallest absolute Gasteiger partial charge is 0.254 e. The summed E-state index contributed by atoms with van der Waals surface area (Å²) in [5.41, 5.74) is 1.83. The van der Waals surface area contributed by atoms with Crippen molar-refractivity contribution in [1.82, 2.24) is 5.32 Å². The zero-order chi connectivity index (χ0) is 13.8. The Bertz CT molecular complexity index is 494. The molecule has 0 saturated carbocycles. The van der Waals surface area contributed by atoms with Gasteiger partial charge in [-0.3, -0.25) is 9.59 Å². The van der Waals surface area contributed by atoms with Gasteiger partial charge in [0.15, 0.2) is 0 Å². The summed E-state index contributed by atoms with van der Waals surface area (Å²) in [5, 5.41) is 6.28.